The average molecular weight is 457 g/mol. The molecule has 1 fully saturated rings. The molecule has 1 aliphatic heterocycles. The van der Waals surface area contributed by atoms with Crippen molar-refractivity contribution in [2.24, 2.45) is 0 Å². The second-order valence-electron chi connectivity index (χ2n) is 7.02. The highest BCUT2D eigenvalue weighted by Crippen LogP contribution is 2.42. The van der Waals surface area contributed by atoms with Gasteiger partial charge in [0.2, 0.25) is 0 Å². The largest absolute Gasteiger partial charge is 0.457 e. The van der Waals surface area contributed by atoms with Crippen molar-refractivity contribution >= 4 is 27.9 Å². The minimum absolute atomic E-state index is 0.0953. The molecule has 1 aliphatic rings. The minimum Gasteiger partial charge on any atom is -0.457 e. The zero-order chi connectivity index (χ0) is 20.6. The molecule has 0 amide bonds. The molecule has 1 aromatic rings. The highest BCUT2D eigenvalue weighted by molar-refractivity contribution is 9.10. The Kier molecular flexibility index (Phi) is 8.92. The van der Waals surface area contributed by atoms with Gasteiger partial charge in [-0.15, -0.1) is 0 Å². The van der Waals surface area contributed by atoms with Gasteiger partial charge in [-0.05, 0) is 12.0 Å². The molecule has 1 saturated heterocycles. The number of hydrogen-bond donors (Lipinski definition) is 0. The molecular formula is C21H29BrO6. The number of carbonyl (C=O) groups is 2. The maximum absolute atomic E-state index is 11.8. The van der Waals surface area contributed by atoms with E-state index in [2.05, 4.69) is 22.9 Å². The summed E-state index contributed by atoms with van der Waals surface area (Å²) in [6, 6.07) is 9.78. The van der Waals surface area contributed by atoms with E-state index >= 15 is 0 Å². The van der Waals surface area contributed by atoms with Gasteiger partial charge in [0.15, 0.2) is 18.5 Å². The van der Waals surface area contributed by atoms with Gasteiger partial charge in [0.1, 0.15) is 4.32 Å². The quantitative estimate of drug-likeness (QED) is 0.316. The molecule has 0 unspecified atom stereocenters. The number of ether oxygens (including phenoxy) is 4. The van der Waals surface area contributed by atoms with E-state index in [1.807, 2.05) is 30.3 Å². The maximum atomic E-state index is 11.8. The van der Waals surface area contributed by atoms with E-state index in [1.165, 1.54) is 13.8 Å². The Labute approximate surface area is 175 Å². The number of hydrogen-bond acceptors (Lipinski definition) is 6. The molecule has 7 heteroatoms. The number of alkyl halides is 1. The zero-order valence-corrected chi connectivity index (χ0v) is 18.3. The number of benzene rings is 1. The lowest BCUT2D eigenvalue weighted by molar-refractivity contribution is -0.251. The molecule has 1 aromatic carbocycles. The van der Waals surface area contributed by atoms with Crippen molar-refractivity contribution in [2.75, 3.05) is 6.61 Å². The summed E-state index contributed by atoms with van der Waals surface area (Å²) in [5, 5.41) is 0. The molecule has 0 saturated carbocycles. The number of unbranched alkanes of at least 4 members (excludes halogenated alkanes) is 2. The van der Waals surface area contributed by atoms with Crippen molar-refractivity contribution in [1.29, 1.82) is 0 Å². The molecule has 0 N–H and O–H groups in total. The molecule has 0 radical (unpaired) electrons. The van der Waals surface area contributed by atoms with Gasteiger partial charge in [-0.1, -0.05) is 72.4 Å². The van der Waals surface area contributed by atoms with Crippen molar-refractivity contribution in [3.05, 3.63) is 35.9 Å². The molecule has 0 aromatic heterocycles. The topological polar surface area (TPSA) is 71.1 Å². The number of esters is 2. The first-order chi connectivity index (χ1) is 13.4. The van der Waals surface area contributed by atoms with Crippen molar-refractivity contribution in [3.63, 3.8) is 0 Å². The third-order valence-electron chi connectivity index (χ3n) is 4.63. The molecule has 156 valence electrons. The Morgan fingerprint density at radius 1 is 1.14 bits per heavy atom. The maximum Gasteiger partial charge on any atom is 0.303 e. The molecule has 2 rings (SSSR count). The first kappa shape index (κ1) is 22.8. The lowest BCUT2D eigenvalue weighted by Crippen LogP contribution is -2.62. The molecule has 1 heterocycles. The second-order valence-corrected chi connectivity index (χ2v) is 8.50. The fourth-order valence-electron chi connectivity index (χ4n) is 3.35. The summed E-state index contributed by atoms with van der Waals surface area (Å²) in [6.45, 7) is 5.25. The Hall–Kier alpha value is -1.44. The lowest BCUT2D eigenvalue weighted by Gasteiger charge is -2.47. The number of rotatable bonds is 9. The van der Waals surface area contributed by atoms with Gasteiger partial charge in [0.05, 0.1) is 13.2 Å². The summed E-state index contributed by atoms with van der Waals surface area (Å²) in [4.78, 5) is 23.3. The van der Waals surface area contributed by atoms with Crippen molar-refractivity contribution in [1.82, 2.24) is 0 Å². The number of carbonyl (C=O) groups excluding carboxylic acids is 2. The molecule has 0 bridgehead atoms. The van der Waals surface area contributed by atoms with Gasteiger partial charge >= 0.3 is 11.9 Å². The SMILES string of the molecule is CCCCC[C@@]1(Br)[C@@H](OCc2ccccc2)OC[C@@H](OC(C)=O)[C@H]1OC(C)=O. The molecule has 0 aliphatic carbocycles. The summed E-state index contributed by atoms with van der Waals surface area (Å²) >= 11 is 3.77. The molecule has 4 atom stereocenters. The second kappa shape index (κ2) is 10.9. The first-order valence-corrected chi connectivity index (χ1v) is 10.5. The average Bonchev–Trinajstić information content (AvgIpc) is 2.64. The molecule has 6 nitrogen and oxygen atoms in total. The highest BCUT2D eigenvalue weighted by atomic mass is 79.9. The smallest absolute Gasteiger partial charge is 0.303 e. The van der Waals surface area contributed by atoms with Gasteiger partial charge in [-0.2, -0.15) is 0 Å². The van der Waals surface area contributed by atoms with Gasteiger partial charge < -0.3 is 18.9 Å². The lowest BCUT2D eigenvalue weighted by atomic mass is 9.88. The molecular weight excluding hydrogens is 428 g/mol. The monoisotopic (exact) mass is 456 g/mol. The normalized spacial score (nSPS) is 27.2. The van der Waals surface area contributed by atoms with E-state index in [0.717, 1.165) is 24.8 Å². The Morgan fingerprint density at radius 3 is 2.43 bits per heavy atom. The van der Waals surface area contributed by atoms with Crippen LogP contribution in [0.1, 0.15) is 52.0 Å². The fourth-order valence-corrected chi connectivity index (χ4v) is 4.28. The third-order valence-corrected chi connectivity index (χ3v) is 5.85. The summed E-state index contributed by atoms with van der Waals surface area (Å²) in [5.74, 6) is -0.886. The Morgan fingerprint density at radius 2 is 1.82 bits per heavy atom. The summed E-state index contributed by atoms with van der Waals surface area (Å²) in [5.41, 5.74) is 1.01. The summed E-state index contributed by atoms with van der Waals surface area (Å²) < 4.78 is 22.2. The van der Waals surface area contributed by atoms with Crippen LogP contribution in [0.2, 0.25) is 0 Å². The predicted molar refractivity (Wildman–Crippen MR) is 108 cm³/mol. The third kappa shape index (κ3) is 6.29. The van der Waals surface area contributed by atoms with Crippen LogP contribution in [0, 0.1) is 0 Å². The summed E-state index contributed by atoms with van der Waals surface area (Å²) in [7, 11) is 0. The van der Waals surface area contributed by atoms with Crippen LogP contribution in [-0.4, -0.2) is 41.4 Å². The van der Waals surface area contributed by atoms with Crippen LogP contribution in [0.15, 0.2) is 30.3 Å². The predicted octanol–water partition coefficient (Wildman–Crippen LogP) is 4.14. The zero-order valence-electron chi connectivity index (χ0n) is 16.7. The van der Waals surface area contributed by atoms with Gasteiger partial charge in [0, 0.05) is 13.8 Å². The number of halogens is 1. The Bertz CT molecular complexity index is 637. The van der Waals surface area contributed by atoms with Crippen LogP contribution >= 0.6 is 15.9 Å². The van der Waals surface area contributed by atoms with Crippen LogP contribution in [0.25, 0.3) is 0 Å². The van der Waals surface area contributed by atoms with E-state index in [9.17, 15) is 9.59 Å². The van der Waals surface area contributed by atoms with Crippen molar-refractivity contribution < 1.29 is 28.5 Å². The van der Waals surface area contributed by atoms with E-state index < -0.39 is 34.8 Å². The van der Waals surface area contributed by atoms with Crippen molar-refractivity contribution in [2.45, 2.75) is 75.9 Å². The molecule has 0 spiro atoms. The van der Waals surface area contributed by atoms with Crippen molar-refractivity contribution in [3.8, 4) is 0 Å². The van der Waals surface area contributed by atoms with Crippen LogP contribution < -0.4 is 0 Å². The highest BCUT2D eigenvalue weighted by Gasteiger charge is 2.55. The standard InChI is InChI=1S/C21H29BrO6/c1-4-5-9-12-21(22)19(28-16(3)24)18(27-15(2)23)14-26-20(21)25-13-17-10-7-6-8-11-17/h6-8,10-11,18-20H,4-5,9,12-14H2,1-3H3/t18-,19-,20+,21+/m1/s1. The van der Waals surface area contributed by atoms with Crippen LogP contribution in [0.3, 0.4) is 0 Å². The summed E-state index contributed by atoms with van der Waals surface area (Å²) in [6.07, 6.45) is 1.55. The van der Waals surface area contributed by atoms with E-state index in [4.69, 9.17) is 18.9 Å². The van der Waals surface area contributed by atoms with Gasteiger partial charge in [-0.3, -0.25) is 9.59 Å². The van der Waals surface area contributed by atoms with E-state index in [1.54, 1.807) is 0 Å². The Balaban J connectivity index is 2.23. The van der Waals surface area contributed by atoms with Gasteiger partial charge in [-0.25, -0.2) is 0 Å². The van der Waals surface area contributed by atoms with E-state index in [-0.39, 0.29) is 6.61 Å². The van der Waals surface area contributed by atoms with Crippen LogP contribution in [-0.2, 0) is 35.1 Å². The first-order valence-electron chi connectivity index (χ1n) is 9.67. The van der Waals surface area contributed by atoms with Crippen LogP contribution in [0.4, 0.5) is 0 Å². The van der Waals surface area contributed by atoms with Crippen LogP contribution in [0.5, 0.6) is 0 Å². The minimum atomic E-state index is -0.818. The van der Waals surface area contributed by atoms with Gasteiger partial charge in [0.25, 0.3) is 0 Å². The fraction of sp³-hybridized carbons (Fsp3) is 0.619. The molecule has 28 heavy (non-hydrogen) atoms. The van der Waals surface area contributed by atoms with E-state index in [0.29, 0.717) is 13.0 Å².